The Morgan fingerprint density at radius 1 is 1.04 bits per heavy atom. The van der Waals surface area contributed by atoms with Crippen molar-refractivity contribution in [2.24, 2.45) is 5.92 Å². The van der Waals surface area contributed by atoms with Crippen LogP contribution in [0.1, 0.15) is 48.5 Å². The molecule has 2 heterocycles. The van der Waals surface area contributed by atoms with Gasteiger partial charge < -0.3 is 4.90 Å². The number of rotatable bonds is 4. The second kappa shape index (κ2) is 7.23. The molecule has 2 saturated heterocycles. The topological polar surface area (TPSA) is 57.7 Å². The third-order valence-corrected chi connectivity index (χ3v) is 6.93. The highest BCUT2D eigenvalue weighted by atomic mass is 32.2. The molecular weight excluding hydrogens is 324 g/mol. The van der Waals surface area contributed by atoms with E-state index in [4.69, 9.17) is 0 Å². The van der Waals surface area contributed by atoms with Gasteiger partial charge >= 0.3 is 0 Å². The summed E-state index contributed by atoms with van der Waals surface area (Å²) in [5.74, 6) is 0.756. The molecule has 0 unspecified atom stereocenters. The molecule has 0 spiro atoms. The van der Waals surface area contributed by atoms with Crippen LogP contribution in [0.2, 0.25) is 0 Å². The molecule has 1 amide bonds. The lowest BCUT2D eigenvalue weighted by atomic mass is 9.98. The molecule has 5 nitrogen and oxygen atoms in total. The second-order valence-electron chi connectivity index (χ2n) is 7.03. The van der Waals surface area contributed by atoms with Crippen LogP contribution in [0, 0.1) is 5.92 Å². The van der Waals surface area contributed by atoms with Gasteiger partial charge in [-0.2, -0.15) is 0 Å². The number of sulfonamides is 1. The first-order chi connectivity index (χ1) is 11.5. The number of benzene rings is 1. The Kier molecular flexibility index (Phi) is 5.25. The van der Waals surface area contributed by atoms with E-state index in [0.29, 0.717) is 24.6 Å². The maximum Gasteiger partial charge on any atom is 0.253 e. The summed E-state index contributed by atoms with van der Waals surface area (Å²) in [5, 5.41) is 0. The van der Waals surface area contributed by atoms with Gasteiger partial charge in [0.2, 0.25) is 10.0 Å². The van der Waals surface area contributed by atoms with Crippen LogP contribution in [-0.4, -0.2) is 49.7 Å². The van der Waals surface area contributed by atoms with E-state index in [1.807, 2.05) is 4.90 Å². The lowest BCUT2D eigenvalue weighted by molar-refractivity contribution is 0.0697. The van der Waals surface area contributed by atoms with Gasteiger partial charge in [-0.25, -0.2) is 12.7 Å². The van der Waals surface area contributed by atoms with Crippen LogP contribution in [0.3, 0.4) is 0 Å². The van der Waals surface area contributed by atoms with Crippen molar-refractivity contribution in [2.75, 3.05) is 26.2 Å². The molecule has 24 heavy (non-hydrogen) atoms. The van der Waals surface area contributed by atoms with Crippen molar-refractivity contribution in [2.45, 2.75) is 38.4 Å². The predicted molar refractivity (Wildman–Crippen MR) is 94.2 cm³/mol. The number of nitrogens with zero attached hydrogens (tertiary/aromatic N) is 2. The van der Waals surface area contributed by atoms with Gasteiger partial charge in [0.1, 0.15) is 0 Å². The fraction of sp³-hybridized carbons (Fsp3) is 0.611. The Morgan fingerprint density at radius 3 is 2.21 bits per heavy atom. The molecule has 3 rings (SSSR count). The number of hydrogen-bond donors (Lipinski definition) is 0. The van der Waals surface area contributed by atoms with Crippen molar-refractivity contribution in [3.63, 3.8) is 0 Å². The summed E-state index contributed by atoms with van der Waals surface area (Å²) in [6.45, 7) is 5.10. The molecule has 6 heteroatoms. The minimum atomic E-state index is -3.23. The zero-order chi connectivity index (χ0) is 17.2. The highest BCUT2D eigenvalue weighted by Gasteiger charge is 2.26. The van der Waals surface area contributed by atoms with Gasteiger partial charge in [0.25, 0.3) is 5.91 Å². The lowest BCUT2D eigenvalue weighted by Gasteiger charge is -2.30. The molecule has 0 saturated carbocycles. The van der Waals surface area contributed by atoms with Crippen molar-refractivity contribution >= 4 is 15.9 Å². The van der Waals surface area contributed by atoms with E-state index >= 15 is 0 Å². The molecule has 0 atom stereocenters. The Hall–Kier alpha value is -1.40. The Bertz CT molecular complexity index is 671. The highest BCUT2D eigenvalue weighted by Crippen LogP contribution is 2.20. The number of hydrogen-bond acceptors (Lipinski definition) is 3. The first kappa shape index (κ1) is 17.4. The highest BCUT2D eigenvalue weighted by molar-refractivity contribution is 7.88. The van der Waals surface area contributed by atoms with Crippen LogP contribution in [-0.2, 0) is 15.8 Å². The van der Waals surface area contributed by atoms with Crippen LogP contribution in [0.5, 0.6) is 0 Å². The van der Waals surface area contributed by atoms with E-state index < -0.39 is 10.0 Å². The van der Waals surface area contributed by atoms with E-state index in [1.165, 1.54) is 0 Å². The number of amides is 1. The van der Waals surface area contributed by atoms with Gasteiger partial charge in [-0.05, 0) is 49.3 Å². The van der Waals surface area contributed by atoms with E-state index in [1.54, 1.807) is 28.6 Å². The van der Waals surface area contributed by atoms with E-state index in [9.17, 15) is 13.2 Å². The van der Waals surface area contributed by atoms with Crippen LogP contribution in [0.15, 0.2) is 24.3 Å². The summed E-state index contributed by atoms with van der Waals surface area (Å²) >= 11 is 0. The van der Waals surface area contributed by atoms with Gasteiger partial charge in [-0.3, -0.25) is 4.79 Å². The molecule has 2 fully saturated rings. The number of carbonyl (C=O) groups excluding carboxylic acids is 1. The SMILES string of the molecule is CC1CCN(C(=O)c2ccc(CS(=O)(=O)N3CCCC3)cc2)CC1. The Labute approximate surface area is 144 Å². The van der Waals surface area contributed by atoms with Crippen LogP contribution in [0.25, 0.3) is 0 Å². The Morgan fingerprint density at radius 2 is 1.62 bits per heavy atom. The summed E-state index contributed by atoms with van der Waals surface area (Å²) in [6.07, 6.45) is 4.00. The maximum absolute atomic E-state index is 12.5. The fourth-order valence-electron chi connectivity index (χ4n) is 3.41. The van der Waals surface area contributed by atoms with Crippen LogP contribution in [0.4, 0.5) is 0 Å². The first-order valence-electron chi connectivity index (χ1n) is 8.82. The average Bonchev–Trinajstić information content (AvgIpc) is 3.11. The van der Waals surface area contributed by atoms with Gasteiger partial charge in [0.15, 0.2) is 0 Å². The molecule has 0 aromatic heterocycles. The molecule has 2 aliphatic rings. The molecule has 2 aliphatic heterocycles. The molecule has 132 valence electrons. The summed E-state index contributed by atoms with van der Waals surface area (Å²) in [6, 6.07) is 7.06. The molecular formula is C18H26N2O3S. The predicted octanol–water partition coefficient (Wildman–Crippen LogP) is 2.48. The van der Waals surface area contributed by atoms with Gasteiger partial charge in [0, 0.05) is 31.7 Å². The molecule has 1 aromatic rings. The summed E-state index contributed by atoms with van der Waals surface area (Å²) in [5.41, 5.74) is 1.39. The summed E-state index contributed by atoms with van der Waals surface area (Å²) < 4.78 is 26.3. The minimum Gasteiger partial charge on any atom is -0.339 e. The number of likely N-dealkylation sites (tertiary alicyclic amines) is 1. The van der Waals surface area contributed by atoms with Crippen molar-refractivity contribution in [1.29, 1.82) is 0 Å². The monoisotopic (exact) mass is 350 g/mol. The van der Waals surface area contributed by atoms with Crippen LogP contribution >= 0.6 is 0 Å². The third kappa shape index (κ3) is 3.98. The minimum absolute atomic E-state index is 0.0166. The summed E-state index contributed by atoms with van der Waals surface area (Å²) in [4.78, 5) is 14.4. The molecule has 0 radical (unpaired) electrons. The maximum atomic E-state index is 12.5. The first-order valence-corrected chi connectivity index (χ1v) is 10.4. The normalized spacial score (nSPS) is 20.5. The van der Waals surface area contributed by atoms with Crippen molar-refractivity contribution in [3.05, 3.63) is 35.4 Å². The van der Waals surface area contributed by atoms with Crippen LogP contribution < -0.4 is 0 Å². The Balaban J connectivity index is 1.64. The number of carbonyl (C=O) groups is 1. The van der Waals surface area contributed by atoms with E-state index in [-0.39, 0.29) is 11.7 Å². The largest absolute Gasteiger partial charge is 0.339 e. The van der Waals surface area contributed by atoms with Gasteiger partial charge in [0.05, 0.1) is 5.75 Å². The molecule has 0 N–H and O–H groups in total. The molecule has 0 aliphatic carbocycles. The third-order valence-electron chi connectivity index (χ3n) is 5.08. The van der Waals surface area contributed by atoms with E-state index in [2.05, 4.69) is 6.92 Å². The smallest absolute Gasteiger partial charge is 0.253 e. The number of piperidine rings is 1. The van der Waals surface area contributed by atoms with Gasteiger partial charge in [-0.1, -0.05) is 19.1 Å². The van der Waals surface area contributed by atoms with Gasteiger partial charge in [-0.15, -0.1) is 0 Å². The van der Waals surface area contributed by atoms with Crippen molar-refractivity contribution in [1.82, 2.24) is 9.21 Å². The average molecular weight is 350 g/mol. The quantitative estimate of drug-likeness (QED) is 0.838. The van der Waals surface area contributed by atoms with Crippen molar-refractivity contribution < 1.29 is 13.2 Å². The standard InChI is InChI=1S/C18H26N2O3S/c1-15-8-12-19(13-9-15)18(21)17-6-4-16(5-7-17)14-24(22,23)20-10-2-3-11-20/h4-7,15H,2-3,8-14H2,1H3. The lowest BCUT2D eigenvalue weighted by Crippen LogP contribution is -2.37. The molecule has 0 bridgehead atoms. The van der Waals surface area contributed by atoms with E-state index in [0.717, 1.165) is 44.3 Å². The fourth-order valence-corrected chi connectivity index (χ4v) is 5.02. The summed E-state index contributed by atoms with van der Waals surface area (Å²) in [7, 11) is -3.23. The molecule has 1 aromatic carbocycles. The zero-order valence-corrected chi connectivity index (χ0v) is 15.1. The van der Waals surface area contributed by atoms with Crippen molar-refractivity contribution in [3.8, 4) is 0 Å². The second-order valence-corrected chi connectivity index (χ2v) is 9.00. The zero-order valence-electron chi connectivity index (χ0n) is 14.3.